The van der Waals surface area contributed by atoms with Crippen LogP contribution in [0, 0.1) is 5.41 Å². The topological polar surface area (TPSA) is 109 Å². The molecule has 0 heterocycles. The minimum absolute atomic E-state index is 0.309. The summed E-state index contributed by atoms with van der Waals surface area (Å²) in [5.41, 5.74) is 2.50. The lowest BCUT2D eigenvalue weighted by molar-refractivity contribution is -0.150. The summed E-state index contributed by atoms with van der Waals surface area (Å²) in [5.74, 6) is -2.49. The molecular weight excluding hydrogens is 200 g/mol. The Hall–Kier alpha value is -1.59. The van der Waals surface area contributed by atoms with Crippen LogP contribution in [0.4, 0.5) is 0 Å². The van der Waals surface area contributed by atoms with Crippen LogP contribution in [0.3, 0.4) is 0 Å². The van der Waals surface area contributed by atoms with Crippen molar-refractivity contribution in [2.75, 3.05) is 0 Å². The van der Waals surface area contributed by atoms with Gasteiger partial charge in [-0.05, 0) is 26.7 Å². The van der Waals surface area contributed by atoms with Crippen molar-refractivity contribution >= 4 is 17.8 Å². The molecule has 1 fully saturated rings. The molecule has 0 aliphatic heterocycles. The molecule has 15 heavy (non-hydrogen) atoms. The third-order valence-electron chi connectivity index (χ3n) is 2.64. The van der Waals surface area contributed by atoms with Gasteiger partial charge in [-0.3, -0.25) is 14.4 Å². The number of amides is 2. The molecule has 6 heteroatoms. The molecule has 0 spiro atoms. The van der Waals surface area contributed by atoms with Gasteiger partial charge in [0.2, 0.25) is 11.8 Å². The van der Waals surface area contributed by atoms with Crippen molar-refractivity contribution in [3.05, 3.63) is 0 Å². The van der Waals surface area contributed by atoms with Crippen molar-refractivity contribution in [2.45, 2.75) is 32.2 Å². The van der Waals surface area contributed by atoms with Gasteiger partial charge in [0.25, 0.3) is 0 Å². The number of nitrogens with two attached hydrogens (primary N) is 1. The molecule has 0 atom stereocenters. The molecule has 4 N–H and O–H groups in total. The van der Waals surface area contributed by atoms with Gasteiger partial charge in [-0.25, -0.2) is 0 Å². The minimum Gasteiger partial charge on any atom is -0.480 e. The summed E-state index contributed by atoms with van der Waals surface area (Å²) in [6, 6.07) is 0. The standard InChI is InChI=1S/C9H14N2O4/c1-8(2,5(10)12)11-6(13)9(3-4-9)7(14)15/h3-4H2,1-2H3,(H2,10,12)(H,11,13)(H,14,15). The van der Waals surface area contributed by atoms with Gasteiger partial charge >= 0.3 is 5.97 Å². The Balaban J connectivity index is 2.73. The van der Waals surface area contributed by atoms with Gasteiger partial charge in [0.05, 0.1) is 0 Å². The zero-order chi connectivity index (χ0) is 11.9. The maximum absolute atomic E-state index is 11.6. The maximum Gasteiger partial charge on any atom is 0.319 e. The Morgan fingerprint density at radius 2 is 1.80 bits per heavy atom. The number of primary amides is 1. The van der Waals surface area contributed by atoms with Crippen LogP contribution in [0.2, 0.25) is 0 Å². The van der Waals surface area contributed by atoms with Crippen LogP contribution < -0.4 is 11.1 Å². The summed E-state index contributed by atoms with van der Waals surface area (Å²) in [6.07, 6.45) is 0.617. The van der Waals surface area contributed by atoms with Gasteiger partial charge in [-0.15, -0.1) is 0 Å². The lowest BCUT2D eigenvalue weighted by atomic mass is 10.0. The first-order chi connectivity index (χ1) is 6.72. The van der Waals surface area contributed by atoms with Crippen molar-refractivity contribution in [1.29, 1.82) is 0 Å². The molecule has 1 saturated carbocycles. The third kappa shape index (κ3) is 1.93. The van der Waals surface area contributed by atoms with E-state index >= 15 is 0 Å². The van der Waals surface area contributed by atoms with Crippen molar-refractivity contribution in [2.24, 2.45) is 11.1 Å². The van der Waals surface area contributed by atoms with Crippen LogP contribution >= 0.6 is 0 Å². The molecule has 2 amide bonds. The number of hydrogen-bond acceptors (Lipinski definition) is 3. The van der Waals surface area contributed by atoms with E-state index in [1.54, 1.807) is 0 Å². The lowest BCUT2D eigenvalue weighted by Crippen LogP contribution is -2.55. The Labute approximate surface area is 86.8 Å². The fraction of sp³-hybridized carbons (Fsp3) is 0.667. The van der Waals surface area contributed by atoms with Crippen LogP contribution in [0.5, 0.6) is 0 Å². The van der Waals surface area contributed by atoms with Crippen LogP contribution in [-0.2, 0) is 14.4 Å². The molecule has 0 saturated heterocycles. The highest BCUT2D eigenvalue weighted by Crippen LogP contribution is 2.46. The highest BCUT2D eigenvalue weighted by Gasteiger charge is 2.58. The van der Waals surface area contributed by atoms with E-state index in [0.717, 1.165) is 0 Å². The maximum atomic E-state index is 11.6. The van der Waals surface area contributed by atoms with Crippen LogP contribution in [0.15, 0.2) is 0 Å². The van der Waals surface area contributed by atoms with Crippen molar-refractivity contribution in [3.63, 3.8) is 0 Å². The number of rotatable bonds is 4. The first kappa shape index (κ1) is 11.5. The second-order valence-electron chi connectivity index (χ2n) is 4.33. The zero-order valence-electron chi connectivity index (χ0n) is 8.66. The zero-order valence-corrected chi connectivity index (χ0v) is 8.66. The SMILES string of the molecule is CC(C)(NC(=O)C1(C(=O)O)CC1)C(N)=O. The molecule has 1 aliphatic carbocycles. The predicted molar refractivity (Wildman–Crippen MR) is 50.7 cm³/mol. The second-order valence-corrected chi connectivity index (χ2v) is 4.33. The molecule has 0 unspecified atom stereocenters. The van der Waals surface area contributed by atoms with E-state index in [9.17, 15) is 14.4 Å². The third-order valence-corrected chi connectivity index (χ3v) is 2.64. The Morgan fingerprint density at radius 3 is 2.07 bits per heavy atom. The molecule has 0 aromatic heterocycles. The van der Waals surface area contributed by atoms with E-state index in [0.29, 0.717) is 12.8 Å². The average Bonchev–Trinajstić information content (AvgIpc) is 2.81. The highest BCUT2D eigenvalue weighted by molar-refractivity contribution is 6.06. The summed E-state index contributed by atoms with van der Waals surface area (Å²) in [4.78, 5) is 33.3. The number of aliphatic carboxylic acids is 1. The van der Waals surface area contributed by atoms with Gasteiger partial charge < -0.3 is 16.2 Å². The average molecular weight is 214 g/mol. The molecule has 0 aromatic carbocycles. The minimum atomic E-state index is -1.34. The Morgan fingerprint density at radius 1 is 1.33 bits per heavy atom. The van der Waals surface area contributed by atoms with Crippen LogP contribution in [0.25, 0.3) is 0 Å². The summed E-state index contributed by atoms with van der Waals surface area (Å²) in [6.45, 7) is 2.87. The molecule has 1 aliphatic rings. The molecule has 0 bridgehead atoms. The van der Waals surface area contributed by atoms with E-state index in [1.165, 1.54) is 13.8 Å². The lowest BCUT2D eigenvalue weighted by Gasteiger charge is -2.24. The fourth-order valence-corrected chi connectivity index (χ4v) is 1.13. The van der Waals surface area contributed by atoms with E-state index in [4.69, 9.17) is 10.8 Å². The first-order valence-electron chi connectivity index (χ1n) is 4.58. The van der Waals surface area contributed by atoms with Crippen molar-refractivity contribution < 1.29 is 19.5 Å². The summed E-state index contributed by atoms with van der Waals surface area (Å²) in [5, 5.41) is 11.2. The van der Waals surface area contributed by atoms with Crippen LogP contribution in [-0.4, -0.2) is 28.4 Å². The molecule has 0 radical (unpaired) electrons. The summed E-state index contributed by atoms with van der Waals surface area (Å²) < 4.78 is 0. The van der Waals surface area contributed by atoms with Gasteiger partial charge in [-0.1, -0.05) is 0 Å². The van der Waals surface area contributed by atoms with E-state index < -0.39 is 28.7 Å². The van der Waals surface area contributed by atoms with E-state index in [1.807, 2.05) is 0 Å². The van der Waals surface area contributed by atoms with Crippen molar-refractivity contribution in [3.8, 4) is 0 Å². The molecule has 0 aromatic rings. The quantitative estimate of drug-likeness (QED) is 0.534. The number of carbonyl (C=O) groups is 3. The van der Waals surface area contributed by atoms with Gasteiger partial charge in [0.1, 0.15) is 11.0 Å². The van der Waals surface area contributed by atoms with Gasteiger partial charge in [-0.2, -0.15) is 0 Å². The number of carbonyl (C=O) groups excluding carboxylic acids is 2. The normalized spacial score (nSPS) is 18.0. The van der Waals surface area contributed by atoms with Gasteiger partial charge in [0, 0.05) is 0 Å². The highest BCUT2D eigenvalue weighted by atomic mass is 16.4. The smallest absolute Gasteiger partial charge is 0.319 e. The fourth-order valence-electron chi connectivity index (χ4n) is 1.13. The Bertz CT molecular complexity index is 331. The first-order valence-corrected chi connectivity index (χ1v) is 4.58. The predicted octanol–water partition coefficient (Wildman–Crippen LogP) is -0.769. The summed E-state index contributed by atoms with van der Waals surface area (Å²) >= 11 is 0. The molecule has 84 valence electrons. The Kier molecular flexibility index (Phi) is 2.46. The largest absolute Gasteiger partial charge is 0.480 e. The molecular formula is C9H14N2O4. The monoisotopic (exact) mass is 214 g/mol. The van der Waals surface area contributed by atoms with E-state index in [2.05, 4.69) is 5.32 Å². The van der Waals surface area contributed by atoms with Gasteiger partial charge in [0.15, 0.2) is 0 Å². The molecule has 6 nitrogen and oxygen atoms in total. The van der Waals surface area contributed by atoms with Crippen LogP contribution in [0.1, 0.15) is 26.7 Å². The van der Waals surface area contributed by atoms with E-state index in [-0.39, 0.29) is 0 Å². The number of hydrogen-bond donors (Lipinski definition) is 3. The summed E-state index contributed by atoms with van der Waals surface area (Å²) in [7, 11) is 0. The number of carboxylic acid groups (broad SMARTS) is 1. The second kappa shape index (κ2) is 3.22. The number of nitrogens with one attached hydrogen (secondary N) is 1. The van der Waals surface area contributed by atoms with Crippen molar-refractivity contribution in [1.82, 2.24) is 5.32 Å². The number of carboxylic acids is 1. The molecule has 1 rings (SSSR count).